The maximum atomic E-state index is 12.8. The molecular weight excluding hydrogens is 414 g/mol. The Labute approximate surface area is 187 Å². The highest BCUT2D eigenvalue weighted by Crippen LogP contribution is 2.34. The molecule has 174 valence electrons. The molecule has 1 aliphatic carbocycles. The van der Waals surface area contributed by atoms with E-state index < -0.39 is 10.0 Å². The van der Waals surface area contributed by atoms with Crippen molar-refractivity contribution in [3.63, 3.8) is 0 Å². The van der Waals surface area contributed by atoms with Gasteiger partial charge in [-0.25, -0.2) is 13.1 Å². The average molecular weight is 452 g/mol. The summed E-state index contributed by atoms with van der Waals surface area (Å²) in [6.45, 7) is 1.32. The van der Waals surface area contributed by atoms with Crippen molar-refractivity contribution in [1.82, 2.24) is 14.5 Å². The zero-order valence-electron chi connectivity index (χ0n) is 19.0. The standard InChI is InChI=1S/C23H37N3O4S/c1-25(2)16-23(27)26-15-7-10-21(24-31(3,28)29)22(26)17-30-20-13-11-19(12-14-20)18-8-5-4-6-9-18/h4-6,8-9,19-22,24H,7,10-17H2,1-3H3/t19-,20+,21-,22-/m0/s1. The van der Waals surface area contributed by atoms with E-state index in [0.717, 1.165) is 32.1 Å². The lowest BCUT2D eigenvalue weighted by Crippen LogP contribution is -2.60. The molecule has 1 aromatic rings. The highest BCUT2D eigenvalue weighted by molar-refractivity contribution is 7.88. The van der Waals surface area contributed by atoms with Crippen LogP contribution in [0.1, 0.15) is 50.0 Å². The van der Waals surface area contributed by atoms with Crippen LogP contribution < -0.4 is 4.72 Å². The fourth-order valence-corrected chi connectivity index (χ4v) is 5.69. The summed E-state index contributed by atoms with van der Waals surface area (Å²) in [7, 11) is 0.368. The van der Waals surface area contributed by atoms with E-state index in [1.807, 2.05) is 30.0 Å². The minimum atomic E-state index is -3.36. The molecule has 1 amide bonds. The van der Waals surface area contributed by atoms with E-state index in [2.05, 4.69) is 29.0 Å². The van der Waals surface area contributed by atoms with Crippen molar-refractivity contribution in [2.45, 2.75) is 62.6 Å². The lowest BCUT2D eigenvalue weighted by Gasteiger charge is -2.42. The van der Waals surface area contributed by atoms with Crippen molar-refractivity contribution < 1.29 is 17.9 Å². The third-order valence-electron chi connectivity index (χ3n) is 6.36. The molecule has 1 aromatic carbocycles. The quantitative estimate of drug-likeness (QED) is 0.656. The zero-order valence-corrected chi connectivity index (χ0v) is 19.8. The van der Waals surface area contributed by atoms with Gasteiger partial charge in [-0.3, -0.25) is 4.79 Å². The Morgan fingerprint density at radius 3 is 2.42 bits per heavy atom. The first-order valence-electron chi connectivity index (χ1n) is 11.3. The number of piperidine rings is 1. The van der Waals surface area contributed by atoms with Crippen LogP contribution in [0.25, 0.3) is 0 Å². The third-order valence-corrected chi connectivity index (χ3v) is 7.09. The normalized spacial score (nSPS) is 27.4. The van der Waals surface area contributed by atoms with Crippen LogP contribution >= 0.6 is 0 Å². The largest absolute Gasteiger partial charge is 0.376 e. The number of carbonyl (C=O) groups excluding carboxylic acids is 1. The van der Waals surface area contributed by atoms with Crippen LogP contribution in [0.3, 0.4) is 0 Å². The zero-order chi connectivity index (χ0) is 22.4. The number of benzene rings is 1. The summed E-state index contributed by atoms with van der Waals surface area (Å²) in [4.78, 5) is 16.5. The van der Waals surface area contributed by atoms with Crippen LogP contribution in [0.5, 0.6) is 0 Å². The Hall–Kier alpha value is -1.48. The van der Waals surface area contributed by atoms with Crippen molar-refractivity contribution >= 4 is 15.9 Å². The number of amides is 1. The molecule has 3 rings (SSSR count). The number of ether oxygens (including phenoxy) is 1. The fourth-order valence-electron chi connectivity index (χ4n) is 4.87. The van der Waals surface area contributed by atoms with E-state index in [4.69, 9.17) is 4.74 Å². The number of rotatable bonds is 8. The van der Waals surface area contributed by atoms with Crippen LogP contribution in [-0.2, 0) is 19.6 Å². The number of nitrogens with zero attached hydrogens (tertiary/aromatic N) is 2. The topological polar surface area (TPSA) is 79.0 Å². The highest BCUT2D eigenvalue weighted by atomic mass is 32.2. The lowest BCUT2D eigenvalue weighted by molar-refractivity contribution is -0.139. The van der Waals surface area contributed by atoms with Crippen LogP contribution in [0, 0.1) is 0 Å². The van der Waals surface area contributed by atoms with Gasteiger partial charge in [0.2, 0.25) is 15.9 Å². The van der Waals surface area contributed by atoms with Crippen LogP contribution in [0.2, 0.25) is 0 Å². The van der Waals surface area contributed by atoms with Crippen molar-refractivity contribution in [1.29, 1.82) is 0 Å². The molecule has 0 bridgehead atoms. The monoisotopic (exact) mass is 451 g/mol. The van der Waals surface area contributed by atoms with E-state index >= 15 is 0 Å². The van der Waals surface area contributed by atoms with Gasteiger partial charge in [0.1, 0.15) is 0 Å². The van der Waals surface area contributed by atoms with Gasteiger partial charge in [-0.2, -0.15) is 0 Å². The Kier molecular flexibility index (Phi) is 8.50. The molecule has 2 atom stereocenters. The number of carbonyl (C=O) groups is 1. The number of likely N-dealkylation sites (tertiary alicyclic amines) is 1. The molecule has 2 fully saturated rings. The molecule has 1 aliphatic heterocycles. The van der Waals surface area contributed by atoms with E-state index in [-0.39, 0.29) is 24.1 Å². The van der Waals surface area contributed by atoms with Gasteiger partial charge in [0, 0.05) is 12.6 Å². The molecule has 2 aliphatic rings. The summed E-state index contributed by atoms with van der Waals surface area (Å²) in [5, 5.41) is 0. The Bertz CT molecular complexity index is 807. The van der Waals surface area contributed by atoms with Gasteiger partial charge in [-0.05, 0) is 64.1 Å². The summed E-state index contributed by atoms with van der Waals surface area (Å²) < 4.78 is 32.9. The summed E-state index contributed by atoms with van der Waals surface area (Å²) in [6.07, 6.45) is 6.99. The maximum Gasteiger partial charge on any atom is 0.237 e. The molecule has 0 unspecified atom stereocenters. The Morgan fingerprint density at radius 2 is 1.81 bits per heavy atom. The van der Waals surface area contributed by atoms with Crippen molar-refractivity contribution in [2.75, 3.05) is 40.0 Å². The molecule has 7 nitrogen and oxygen atoms in total. The number of nitrogens with one attached hydrogen (secondary N) is 1. The third kappa shape index (κ3) is 7.27. The van der Waals surface area contributed by atoms with Gasteiger partial charge in [0.05, 0.1) is 31.6 Å². The minimum Gasteiger partial charge on any atom is -0.376 e. The number of likely N-dealkylation sites (N-methyl/N-ethyl adjacent to an activating group) is 1. The first-order valence-corrected chi connectivity index (χ1v) is 13.2. The SMILES string of the molecule is CN(C)CC(=O)N1CCC[C@H](NS(C)(=O)=O)[C@@H]1CO[C@H]1CC[C@@H](c2ccccc2)CC1. The Morgan fingerprint density at radius 1 is 1.13 bits per heavy atom. The van der Waals surface area contributed by atoms with Crippen molar-refractivity contribution in [3.05, 3.63) is 35.9 Å². The predicted octanol–water partition coefficient (Wildman–Crippen LogP) is 2.20. The summed E-state index contributed by atoms with van der Waals surface area (Å²) >= 11 is 0. The molecule has 31 heavy (non-hydrogen) atoms. The molecule has 0 aromatic heterocycles. The Balaban J connectivity index is 1.61. The van der Waals surface area contributed by atoms with Gasteiger partial charge in [0.25, 0.3) is 0 Å². The first kappa shape index (κ1) is 24.2. The molecule has 1 saturated heterocycles. The molecule has 0 radical (unpaired) electrons. The summed E-state index contributed by atoms with van der Waals surface area (Å²) in [5.74, 6) is 0.597. The van der Waals surface area contributed by atoms with Gasteiger partial charge >= 0.3 is 0 Å². The van der Waals surface area contributed by atoms with E-state index in [9.17, 15) is 13.2 Å². The second-order valence-corrected chi connectivity index (χ2v) is 11.0. The van der Waals surface area contributed by atoms with Gasteiger partial charge in [0.15, 0.2) is 0 Å². The highest BCUT2D eigenvalue weighted by Gasteiger charge is 2.36. The molecule has 1 heterocycles. The summed E-state index contributed by atoms with van der Waals surface area (Å²) in [5.41, 5.74) is 1.39. The molecule has 1 saturated carbocycles. The number of sulfonamides is 1. The van der Waals surface area contributed by atoms with Crippen molar-refractivity contribution in [3.8, 4) is 0 Å². The average Bonchev–Trinajstić information content (AvgIpc) is 2.72. The van der Waals surface area contributed by atoms with E-state index in [1.54, 1.807) is 0 Å². The summed E-state index contributed by atoms with van der Waals surface area (Å²) in [6, 6.07) is 10.0. The number of hydrogen-bond donors (Lipinski definition) is 1. The molecular formula is C23H37N3O4S. The van der Waals surface area contributed by atoms with Crippen LogP contribution in [-0.4, -0.2) is 82.4 Å². The maximum absolute atomic E-state index is 12.8. The fraction of sp³-hybridized carbons (Fsp3) is 0.696. The van der Waals surface area contributed by atoms with Gasteiger partial charge < -0.3 is 14.5 Å². The van der Waals surface area contributed by atoms with Crippen molar-refractivity contribution in [2.24, 2.45) is 0 Å². The van der Waals surface area contributed by atoms with Gasteiger partial charge in [-0.1, -0.05) is 30.3 Å². The molecule has 8 heteroatoms. The van der Waals surface area contributed by atoms with Crippen LogP contribution in [0.4, 0.5) is 0 Å². The molecule has 1 N–H and O–H groups in total. The first-order chi connectivity index (χ1) is 14.7. The van der Waals surface area contributed by atoms with Crippen LogP contribution in [0.15, 0.2) is 30.3 Å². The molecule has 0 spiro atoms. The smallest absolute Gasteiger partial charge is 0.237 e. The van der Waals surface area contributed by atoms with Gasteiger partial charge in [-0.15, -0.1) is 0 Å². The number of hydrogen-bond acceptors (Lipinski definition) is 5. The predicted molar refractivity (Wildman–Crippen MR) is 122 cm³/mol. The van der Waals surface area contributed by atoms with E-state index in [1.165, 1.54) is 11.8 Å². The lowest BCUT2D eigenvalue weighted by atomic mass is 9.83. The van der Waals surface area contributed by atoms with E-state index in [0.29, 0.717) is 32.0 Å². The minimum absolute atomic E-state index is 0.0198. The second-order valence-electron chi connectivity index (χ2n) is 9.25. The second kappa shape index (κ2) is 10.9.